The molecule has 1 saturated heterocycles. The summed E-state index contributed by atoms with van der Waals surface area (Å²) in [6.07, 6.45) is 0.781. The third-order valence-corrected chi connectivity index (χ3v) is 1.58. The van der Waals surface area contributed by atoms with E-state index in [4.69, 9.17) is 16.0 Å². The first-order valence-electron chi connectivity index (χ1n) is 3.22. The predicted molar refractivity (Wildman–Crippen MR) is 36.3 cm³/mol. The largest absolute Gasteiger partial charge is 0.381 e. The van der Waals surface area contributed by atoms with E-state index in [0.29, 0.717) is 13.2 Å². The molecule has 5 nitrogen and oxygen atoms in total. The van der Waals surface area contributed by atoms with E-state index in [1.54, 1.807) is 0 Å². The van der Waals surface area contributed by atoms with Crippen LogP contribution in [0.4, 0.5) is 0 Å². The number of ether oxygens (including phenoxy) is 1. The minimum atomic E-state index is -0.168. The van der Waals surface area contributed by atoms with Gasteiger partial charge in [-0.05, 0) is 12.0 Å². The summed E-state index contributed by atoms with van der Waals surface area (Å²) in [4.78, 5) is 2.67. The predicted octanol–water partition coefficient (Wildman–Crippen LogP) is 0.413. The van der Waals surface area contributed by atoms with Gasteiger partial charge in [-0.3, -0.25) is 0 Å². The Balaban J connectivity index is 2.47. The van der Waals surface area contributed by atoms with E-state index >= 15 is 0 Å². The molecular weight excluding hydrogens is 132 g/mol. The zero-order chi connectivity index (χ0) is 7.40. The van der Waals surface area contributed by atoms with Crippen molar-refractivity contribution < 1.29 is 4.74 Å². The van der Waals surface area contributed by atoms with Gasteiger partial charge in [0.2, 0.25) is 0 Å². The molecule has 1 aliphatic rings. The molecule has 2 N–H and O–H groups in total. The smallest absolute Gasteiger partial charge is 0.0759 e. The summed E-state index contributed by atoms with van der Waals surface area (Å²) in [6.45, 7) is 1.14. The Morgan fingerprint density at radius 3 is 3.10 bits per heavy atom. The highest BCUT2D eigenvalue weighted by Crippen LogP contribution is 2.08. The zero-order valence-corrected chi connectivity index (χ0v) is 5.60. The fourth-order valence-electron chi connectivity index (χ4n) is 0.925. The molecule has 1 heterocycles. The van der Waals surface area contributed by atoms with Crippen molar-refractivity contribution >= 4 is 0 Å². The highest BCUT2D eigenvalue weighted by molar-refractivity contribution is 4.82. The number of hydrogen-bond donors (Lipinski definition) is 1. The second-order valence-corrected chi connectivity index (χ2v) is 2.30. The van der Waals surface area contributed by atoms with Gasteiger partial charge in [-0.1, -0.05) is 5.11 Å². The van der Waals surface area contributed by atoms with Crippen molar-refractivity contribution in [2.45, 2.75) is 18.5 Å². The fraction of sp³-hybridized carbons (Fsp3) is 1.00. The van der Waals surface area contributed by atoms with Crippen LogP contribution in [0, 0.1) is 0 Å². The first kappa shape index (κ1) is 7.34. The number of rotatable bonds is 1. The second-order valence-electron chi connectivity index (χ2n) is 2.30. The molecule has 0 saturated carbocycles. The summed E-state index contributed by atoms with van der Waals surface area (Å²) >= 11 is 0. The first-order valence-corrected chi connectivity index (χ1v) is 3.22. The van der Waals surface area contributed by atoms with Gasteiger partial charge in [0.1, 0.15) is 0 Å². The number of nitrogens with zero attached hydrogens (tertiary/aromatic N) is 3. The second kappa shape index (κ2) is 3.41. The molecule has 1 rings (SSSR count). The highest BCUT2D eigenvalue weighted by Gasteiger charge is 2.20. The molecule has 0 bridgehead atoms. The molecule has 0 aromatic heterocycles. The van der Waals surface area contributed by atoms with Gasteiger partial charge >= 0.3 is 0 Å². The Kier molecular flexibility index (Phi) is 2.50. The number of azide groups is 1. The number of hydrogen-bond acceptors (Lipinski definition) is 3. The van der Waals surface area contributed by atoms with Crippen LogP contribution in [0.25, 0.3) is 10.4 Å². The molecule has 0 unspecified atom stereocenters. The third kappa shape index (κ3) is 1.60. The summed E-state index contributed by atoms with van der Waals surface area (Å²) in [7, 11) is 0. The van der Waals surface area contributed by atoms with Gasteiger partial charge in [0.15, 0.2) is 0 Å². The lowest BCUT2D eigenvalue weighted by Gasteiger charge is -2.24. The Hall–Kier alpha value is -0.770. The lowest BCUT2D eigenvalue weighted by Crippen LogP contribution is -2.41. The van der Waals surface area contributed by atoms with Crippen LogP contribution in [-0.2, 0) is 4.74 Å². The van der Waals surface area contributed by atoms with Crippen LogP contribution in [-0.4, -0.2) is 25.3 Å². The first-order chi connectivity index (χ1) is 4.84. The summed E-state index contributed by atoms with van der Waals surface area (Å²) in [6, 6.07) is -0.191. The normalized spacial score (nSPS) is 32.9. The van der Waals surface area contributed by atoms with Gasteiger partial charge < -0.3 is 10.5 Å². The molecule has 56 valence electrons. The van der Waals surface area contributed by atoms with Crippen molar-refractivity contribution in [2.75, 3.05) is 13.2 Å². The van der Waals surface area contributed by atoms with Gasteiger partial charge in [0.05, 0.1) is 12.6 Å². The van der Waals surface area contributed by atoms with Crippen molar-refractivity contribution in [2.24, 2.45) is 10.8 Å². The minimum absolute atomic E-state index is 0.0235. The molecule has 2 atom stereocenters. The molecule has 0 spiro atoms. The highest BCUT2D eigenvalue weighted by atomic mass is 16.5. The summed E-state index contributed by atoms with van der Waals surface area (Å²) < 4.78 is 5.06. The quantitative estimate of drug-likeness (QED) is 0.326. The minimum Gasteiger partial charge on any atom is -0.381 e. The molecule has 0 aromatic carbocycles. The van der Waals surface area contributed by atoms with E-state index in [-0.39, 0.29) is 12.1 Å². The Labute approximate surface area is 58.8 Å². The average Bonchev–Trinajstić information content (AvgIpc) is 1.94. The van der Waals surface area contributed by atoms with Crippen molar-refractivity contribution in [1.29, 1.82) is 0 Å². The maximum atomic E-state index is 8.08. The molecule has 1 fully saturated rings. The molecule has 0 amide bonds. The van der Waals surface area contributed by atoms with Gasteiger partial charge in [-0.15, -0.1) is 0 Å². The van der Waals surface area contributed by atoms with Gasteiger partial charge in [-0.2, -0.15) is 0 Å². The SMILES string of the molecule is [N-]=[N+]=N[C@@H]1COCC[C@@H]1N. The van der Waals surface area contributed by atoms with E-state index in [0.717, 1.165) is 6.42 Å². The van der Waals surface area contributed by atoms with Crippen LogP contribution in [0.3, 0.4) is 0 Å². The van der Waals surface area contributed by atoms with Crippen molar-refractivity contribution in [3.05, 3.63) is 10.4 Å². The lowest BCUT2D eigenvalue weighted by molar-refractivity contribution is 0.0712. The lowest BCUT2D eigenvalue weighted by atomic mass is 10.1. The van der Waals surface area contributed by atoms with Crippen molar-refractivity contribution in [3.63, 3.8) is 0 Å². The summed E-state index contributed by atoms with van der Waals surface area (Å²) in [5.74, 6) is 0. The molecular formula is C5H10N4O. The third-order valence-electron chi connectivity index (χ3n) is 1.58. The Bertz CT molecular complexity index is 154. The molecule has 10 heavy (non-hydrogen) atoms. The van der Waals surface area contributed by atoms with Crippen LogP contribution in [0.5, 0.6) is 0 Å². The van der Waals surface area contributed by atoms with Crippen LogP contribution < -0.4 is 5.73 Å². The monoisotopic (exact) mass is 142 g/mol. The number of nitrogens with two attached hydrogens (primary N) is 1. The molecule has 0 radical (unpaired) electrons. The molecule has 1 aliphatic heterocycles. The van der Waals surface area contributed by atoms with Crippen LogP contribution in [0.1, 0.15) is 6.42 Å². The Morgan fingerprint density at radius 2 is 2.50 bits per heavy atom. The topological polar surface area (TPSA) is 84.0 Å². The fourth-order valence-corrected chi connectivity index (χ4v) is 0.925. The maximum Gasteiger partial charge on any atom is 0.0759 e. The molecule has 0 aromatic rings. The Morgan fingerprint density at radius 1 is 1.70 bits per heavy atom. The molecule has 0 aliphatic carbocycles. The van der Waals surface area contributed by atoms with Gasteiger partial charge in [-0.25, -0.2) is 0 Å². The van der Waals surface area contributed by atoms with Crippen molar-refractivity contribution in [1.82, 2.24) is 0 Å². The van der Waals surface area contributed by atoms with E-state index in [2.05, 4.69) is 10.0 Å². The van der Waals surface area contributed by atoms with Crippen LogP contribution in [0.2, 0.25) is 0 Å². The van der Waals surface area contributed by atoms with Crippen LogP contribution >= 0.6 is 0 Å². The van der Waals surface area contributed by atoms with E-state index in [9.17, 15) is 0 Å². The van der Waals surface area contributed by atoms with Crippen LogP contribution in [0.15, 0.2) is 5.11 Å². The van der Waals surface area contributed by atoms with E-state index in [1.807, 2.05) is 0 Å². The van der Waals surface area contributed by atoms with E-state index in [1.165, 1.54) is 0 Å². The standard InChI is InChI=1S/C5H10N4O/c6-4-1-2-10-3-5(4)8-9-7/h4-5H,1-3,6H2/t4-,5+/m0/s1. The van der Waals surface area contributed by atoms with Gasteiger partial charge in [0, 0.05) is 17.6 Å². The average molecular weight is 142 g/mol. The zero-order valence-electron chi connectivity index (χ0n) is 5.60. The van der Waals surface area contributed by atoms with E-state index < -0.39 is 0 Å². The van der Waals surface area contributed by atoms with Gasteiger partial charge in [0.25, 0.3) is 0 Å². The molecule has 5 heteroatoms. The summed E-state index contributed by atoms with van der Waals surface area (Å²) in [5.41, 5.74) is 13.7. The van der Waals surface area contributed by atoms with Crippen molar-refractivity contribution in [3.8, 4) is 0 Å². The maximum absolute atomic E-state index is 8.08. The summed E-state index contributed by atoms with van der Waals surface area (Å²) in [5, 5.41) is 3.50.